The first-order valence-electron chi connectivity index (χ1n) is 8.64. The quantitative estimate of drug-likeness (QED) is 0.576. The molecule has 2 N–H and O–H groups in total. The summed E-state index contributed by atoms with van der Waals surface area (Å²) in [6, 6.07) is 18.5. The Labute approximate surface area is 168 Å². The lowest BCUT2D eigenvalue weighted by atomic mass is 10.1. The number of rotatable bonds is 4. The van der Waals surface area contributed by atoms with Crippen molar-refractivity contribution in [2.45, 2.75) is 13.8 Å². The molecule has 4 nitrogen and oxygen atoms in total. The van der Waals surface area contributed by atoms with Crippen molar-refractivity contribution in [2.75, 3.05) is 10.6 Å². The Morgan fingerprint density at radius 1 is 0.929 bits per heavy atom. The smallest absolute Gasteiger partial charge is 0.266 e. The van der Waals surface area contributed by atoms with Gasteiger partial charge in [0.15, 0.2) is 0 Å². The largest absolute Gasteiger partial charge is 0.432 e. The third-order valence-corrected chi connectivity index (χ3v) is 4.39. The third kappa shape index (κ3) is 4.92. The molecule has 6 heteroatoms. The van der Waals surface area contributed by atoms with Crippen LogP contribution in [0.1, 0.15) is 21.5 Å². The second-order valence-electron chi connectivity index (χ2n) is 6.27. The van der Waals surface area contributed by atoms with Gasteiger partial charge < -0.3 is 15.4 Å². The van der Waals surface area contributed by atoms with Gasteiger partial charge in [-0.3, -0.25) is 4.79 Å². The van der Waals surface area contributed by atoms with E-state index in [9.17, 15) is 9.18 Å². The molecule has 28 heavy (non-hydrogen) atoms. The molecular weight excluding hydrogens is 375 g/mol. The molecular formula is C22H19FN2O2S. The van der Waals surface area contributed by atoms with Gasteiger partial charge in [-0.25, -0.2) is 4.39 Å². The van der Waals surface area contributed by atoms with Crippen molar-refractivity contribution >= 4 is 34.7 Å². The predicted octanol–water partition coefficient (Wildman–Crippen LogP) is 5.47. The molecule has 0 spiro atoms. The van der Waals surface area contributed by atoms with Crippen molar-refractivity contribution in [3.8, 4) is 5.75 Å². The Kier molecular flexibility index (Phi) is 6.01. The monoisotopic (exact) mass is 394 g/mol. The lowest BCUT2D eigenvalue weighted by Gasteiger charge is -2.11. The van der Waals surface area contributed by atoms with Gasteiger partial charge in [-0.05, 0) is 85.7 Å². The Morgan fingerprint density at radius 2 is 1.64 bits per heavy atom. The molecule has 0 bridgehead atoms. The molecule has 0 fully saturated rings. The zero-order valence-electron chi connectivity index (χ0n) is 15.5. The van der Waals surface area contributed by atoms with Crippen LogP contribution in [0.4, 0.5) is 15.8 Å². The first-order valence-corrected chi connectivity index (χ1v) is 9.05. The van der Waals surface area contributed by atoms with E-state index in [-0.39, 0.29) is 16.8 Å². The first-order chi connectivity index (χ1) is 13.4. The van der Waals surface area contributed by atoms with Crippen LogP contribution in [0.2, 0.25) is 0 Å². The minimum atomic E-state index is -0.424. The maximum Gasteiger partial charge on any atom is 0.266 e. The fourth-order valence-electron chi connectivity index (χ4n) is 2.50. The van der Waals surface area contributed by atoms with E-state index in [1.165, 1.54) is 11.6 Å². The van der Waals surface area contributed by atoms with Crippen LogP contribution in [-0.2, 0) is 0 Å². The Balaban J connectivity index is 1.61. The topological polar surface area (TPSA) is 50.4 Å². The zero-order valence-corrected chi connectivity index (χ0v) is 16.3. The number of halogens is 1. The van der Waals surface area contributed by atoms with Crippen molar-refractivity contribution in [3.05, 3.63) is 89.2 Å². The predicted molar refractivity (Wildman–Crippen MR) is 114 cm³/mol. The van der Waals surface area contributed by atoms with Crippen LogP contribution in [0.15, 0.2) is 66.7 Å². The summed E-state index contributed by atoms with van der Waals surface area (Å²) < 4.78 is 19.1. The molecule has 0 saturated carbocycles. The van der Waals surface area contributed by atoms with Crippen LogP contribution < -0.4 is 15.4 Å². The molecule has 142 valence electrons. The van der Waals surface area contributed by atoms with Crippen LogP contribution in [-0.4, -0.2) is 11.1 Å². The summed E-state index contributed by atoms with van der Waals surface area (Å²) in [5, 5.41) is 5.57. The normalized spacial score (nSPS) is 10.2. The molecule has 3 aromatic carbocycles. The Morgan fingerprint density at radius 3 is 2.32 bits per heavy atom. The number of amides is 1. The van der Waals surface area contributed by atoms with E-state index < -0.39 is 5.82 Å². The van der Waals surface area contributed by atoms with E-state index in [0.29, 0.717) is 11.3 Å². The number of carbonyl (C=O) groups excluding carboxylic acids is 1. The van der Waals surface area contributed by atoms with E-state index in [4.69, 9.17) is 17.0 Å². The Hall–Kier alpha value is -3.25. The van der Waals surface area contributed by atoms with Gasteiger partial charge in [-0.15, -0.1) is 0 Å². The van der Waals surface area contributed by atoms with Crippen molar-refractivity contribution in [3.63, 3.8) is 0 Å². The lowest BCUT2D eigenvalue weighted by Crippen LogP contribution is -2.17. The molecule has 0 atom stereocenters. The van der Waals surface area contributed by atoms with Crippen LogP contribution in [0.3, 0.4) is 0 Å². The molecule has 0 aliphatic rings. The summed E-state index contributed by atoms with van der Waals surface area (Å²) >= 11 is 5.09. The van der Waals surface area contributed by atoms with Gasteiger partial charge in [0.2, 0.25) is 0 Å². The number of nitrogens with one attached hydrogen (secondary N) is 2. The maximum absolute atomic E-state index is 13.6. The van der Waals surface area contributed by atoms with Gasteiger partial charge in [0.1, 0.15) is 11.6 Å². The van der Waals surface area contributed by atoms with Crippen molar-refractivity contribution in [1.29, 1.82) is 0 Å². The molecule has 0 aromatic heterocycles. The van der Waals surface area contributed by atoms with Crippen LogP contribution in [0.25, 0.3) is 0 Å². The zero-order chi connectivity index (χ0) is 20.1. The average Bonchev–Trinajstić information content (AvgIpc) is 2.67. The van der Waals surface area contributed by atoms with Gasteiger partial charge in [-0.1, -0.05) is 18.2 Å². The lowest BCUT2D eigenvalue weighted by molar-refractivity contribution is 0.102. The number of carbonyl (C=O) groups is 1. The molecule has 0 aliphatic heterocycles. The van der Waals surface area contributed by atoms with Crippen LogP contribution in [0, 0.1) is 19.7 Å². The third-order valence-electron chi connectivity index (χ3n) is 4.20. The highest BCUT2D eigenvalue weighted by atomic mass is 32.1. The molecule has 0 saturated heterocycles. The van der Waals surface area contributed by atoms with Crippen molar-refractivity contribution in [1.82, 2.24) is 0 Å². The number of ether oxygens (including phenoxy) is 1. The van der Waals surface area contributed by atoms with Gasteiger partial charge in [-0.2, -0.15) is 0 Å². The van der Waals surface area contributed by atoms with Crippen LogP contribution >= 0.6 is 12.2 Å². The van der Waals surface area contributed by atoms with E-state index >= 15 is 0 Å². The van der Waals surface area contributed by atoms with Crippen molar-refractivity contribution in [2.24, 2.45) is 0 Å². The highest BCUT2D eigenvalue weighted by Crippen LogP contribution is 2.18. The summed E-state index contributed by atoms with van der Waals surface area (Å²) in [5.74, 6) is -0.203. The summed E-state index contributed by atoms with van der Waals surface area (Å²) in [6.07, 6.45) is 0. The number of thiocarbonyl (C=S) groups is 1. The molecule has 3 aromatic rings. The summed E-state index contributed by atoms with van der Waals surface area (Å²) in [7, 11) is 0. The number of anilines is 2. The fourth-order valence-corrected chi connectivity index (χ4v) is 2.71. The first kappa shape index (κ1) is 19.5. The molecule has 0 heterocycles. The highest BCUT2D eigenvalue weighted by molar-refractivity contribution is 7.80. The number of hydrogen-bond donors (Lipinski definition) is 2. The molecule has 0 radical (unpaired) electrons. The fraction of sp³-hybridized carbons (Fsp3) is 0.0909. The molecule has 0 aliphatic carbocycles. The van der Waals surface area contributed by atoms with Gasteiger partial charge in [0.25, 0.3) is 11.1 Å². The average molecular weight is 394 g/mol. The van der Waals surface area contributed by atoms with Gasteiger partial charge in [0.05, 0.1) is 5.69 Å². The van der Waals surface area contributed by atoms with Crippen LogP contribution in [0.5, 0.6) is 5.75 Å². The summed E-state index contributed by atoms with van der Waals surface area (Å²) in [6.45, 7) is 4.01. The van der Waals surface area contributed by atoms with E-state index in [0.717, 1.165) is 11.3 Å². The second-order valence-corrected chi connectivity index (χ2v) is 6.64. The van der Waals surface area contributed by atoms with E-state index in [2.05, 4.69) is 10.6 Å². The SMILES string of the molecule is Cc1ccc(NC(=O)c2ccc(OC(=S)Nc3ccccc3F)cc2)cc1C. The Bertz CT molecular complexity index is 1020. The number of benzene rings is 3. The number of hydrogen-bond acceptors (Lipinski definition) is 3. The standard InChI is InChI=1S/C22H19FN2O2S/c1-14-7-10-17(13-15(14)2)24-21(26)16-8-11-18(12-9-16)27-22(28)25-20-6-4-3-5-19(20)23/h3-13H,1-2H3,(H,24,26)(H,25,28). The van der Waals surface area contributed by atoms with Crippen molar-refractivity contribution < 1.29 is 13.9 Å². The summed E-state index contributed by atoms with van der Waals surface area (Å²) in [4.78, 5) is 12.4. The number of aryl methyl sites for hydroxylation is 2. The molecule has 1 amide bonds. The maximum atomic E-state index is 13.6. The highest BCUT2D eigenvalue weighted by Gasteiger charge is 2.09. The van der Waals surface area contributed by atoms with E-state index in [1.807, 2.05) is 32.0 Å². The molecule has 3 rings (SSSR count). The van der Waals surface area contributed by atoms with Gasteiger partial charge >= 0.3 is 0 Å². The second kappa shape index (κ2) is 8.63. The number of para-hydroxylation sites is 1. The molecule has 0 unspecified atom stereocenters. The summed E-state index contributed by atoms with van der Waals surface area (Å²) in [5.41, 5.74) is 3.73. The van der Waals surface area contributed by atoms with E-state index in [1.54, 1.807) is 42.5 Å². The minimum absolute atomic E-state index is 0.0115. The minimum Gasteiger partial charge on any atom is -0.432 e. The van der Waals surface area contributed by atoms with Gasteiger partial charge in [0, 0.05) is 11.3 Å².